The molecule has 4 N–H and O–H groups in total. The van der Waals surface area contributed by atoms with Crippen molar-refractivity contribution < 1.29 is 13.2 Å². The van der Waals surface area contributed by atoms with Gasteiger partial charge in [-0.2, -0.15) is 5.10 Å². The average molecular weight is 322 g/mol. The van der Waals surface area contributed by atoms with Crippen molar-refractivity contribution in [3.63, 3.8) is 0 Å². The summed E-state index contributed by atoms with van der Waals surface area (Å²) in [6.07, 6.45) is 0. The Labute approximate surface area is 126 Å². The van der Waals surface area contributed by atoms with Crippen molar-refractivity contribution in [2.24, 2.45) is 5.14 Å². The number of aromatic nitrogens is 2. The maximum absolute atomic E-state index is 12.0. The third-order valence-corrected chi connectivity index (χ3v) is 3.90. The minimum atomic E-state index is -3.75. The molecule has 9 heteroatoms. The van der Waals surface area contributed by atoms with Gasteiger partial charge in [0, 0.05) is 6.07 Å². The average Bonchev–Trinajstić information content (AvgIpc) is 2.47. The van der Waals surface area contributed by atoms with Crippen molar-refractivity contribution in [2.45, 2.75) is 17.9 Å². The van der Waals surface area contributed by atoms with Gasteiger partial charge in [-0.05, 0) is 30.7 Å². The molecule has 0 fully saturated rings. The van der Waals surface area contributed by atoms with Crippen LogP contribution in [0.4, 0.5) is 0 Å². The van der Waals surface area contributed by atoms with Crippen LogP contribution in [-0.2, 0) is 10.0 Å². The molecule has 116 valence electrons. The second-order valence-electron chi connectivity index (χ2n) is 4.62. The molecule has 0 saturated heterocycles. The van der Waals surface area contributed by atoms with E-state index in [1.807, 2.05) is 0 Å². The third kappa shape index (κ3) is 3.77. The molecule has 2 rings (SSSR count). The lowest BCUT2D eigenvalue weighted by Crippen LogP contribution is -2.28. The van der Waals surface area contributed by atoms with Gasteiger partial charge in [0.1, 0.15) is 5.69 Å². The van der Waals surface area contributed by atoms with Gasteiger partial charge in [-0.15, -0.1) is 0 Å². The number of carbonyl (C=O) groups excluding carboxylic acids is 1. The van der Waals surface area contributed by atoms with Crippen LogP contribution >= 0.6 is 0 Å². The lowest BCUT2D eigenvalue weighted by Gasteiger charge is -2.14. The van der Waals surface area contributed by atoms with Gasteiger partial charge in [-0.25, -0.2) is 18.7 Å². The van der Waals surface area contributed by atoms with Crippen LogP contribution in [-0.4, -0.2) is 24.5 Å². The smallest absolute Gasteiger partial charge is 0.272 e. The number of nitrogens with two attached hydrogens (primary N) is 1. The molecule has 1 amide bonds. The van der Waals surface area contributed by atoms with Crippen LogP contribution in [0.2, 0.25) is 0 Å². The Bertz CT molecular complexity index is 823. The topological polar surface area (TPSA) is 135 Å². The summed E-state index contributed by atoms with van der Waals surface area (Å²) in [7, 11) is -3.75. The zero-order valence-electron chi connectivity index (χ0n) is 11.6. The van der Waals surface area contributed by atoms with E-state index in [9.17, 15) is 18.0 Å². The number of rotatable bonds is 4. The van der Waals surface area contributed by atoms with Crippen LogP contribution in [0.1, 0.15) is 29.0 Å². The van der Waals surface area contributed by atoms with E-state index in [-0.39, 0.29) is 16.6 Å². The number of H-pyrrole nitrogens is 1. The molecule has 0 bridgehead atoms. The molecule has 0 aliphatic carbocycles. The summed E-state index contributed by atoms with van der Waals surface area (Å²) in [5.41, 5.74) is 0.376. The second kappa shape index (κ2) is 6.08. The van der Waals surface area contributed by atoms with Crippen LogP contribution in [0.15, 0.2) is 46.1 Å². The van der Waals surface area contributed by atoms with E-state index in [4.69, 9.17) is 5.14 Å². The van der Waals surface area contributed by atoms with Gasteiger partial charge in [0.05, 0.1) is 10.9 Å². The number of aromatic amines is 1. The minimum Gasteiger partial charge on any atom is -0.344 e. The molecule has 0 unspecified atom stereocenters. The van der Waals surface area contributed by atoms with Crippen molar-refractivity contribution in [3.8, 4) is 0 Å². The second-order valence-corrected chi connectivity index (χ2v) is 6.18. The van der Waals surface area contributed by atoms with E-state index in [0.29, 0.717) is 5.56 Å². The predicted molar refractivity (Wildman–Crippen MR) is 78.6 cm³/mol. The van der Waals surface area contributed by atoms with Gasteiger partial charge in [0.15, 0.2) is 0 Å². The monoisotopic (exact) mass is 322 g/mol. The van der Waals surface area contributed by atoms with Gasteiger partial charge in [-0.1, -0.05) is 12.1 Å². The number of carbonyl (C=O) groups is 1. The Morgan fingerprint density at radius 3 is 2.36 bits per heavy atom. The molecule has 22 heavy (non-hydrogen) atoms. The van der Waals surface area contributed by atoms with E-state index in [1.165, 1.54) is 24.3 Å². The maximum atomic E-state index is 12.0. The van der Waals surface area contributed by atoms with Crippen LogP contribution < -0.4 is 16.0 Å². The lowest BCUT2D eigenvalue weighted by molar-refractivity contribution is 0.0933. The van der Waals surface area contributed by atoms with Crippen molar-refractivity contribution in [3.05, 3.63) is 58.0 Å². The van der Waals surface area contributed by atoms with Crippen LogP contribution in [0, 0.1) is 0 Å². The first-order chi connectivity index (χ1) is 10.3. The Kier molecular flexibility index (Phi) is 4.38. The quantitative estimate of drug-likeness (QED) is 0.723. The molecule has 1 atom stereocenters. The van der Waals surface area contributed by atoms with Crippen LogP contribution in [0.5, 0.6) is 0 Å². The van der Waals surface area contributed by atoms with Gasteiger partial charge in [0.25, 0.3) is 11.5 Å². The van der Waals surface area contributed by atoms with Gasteiger partial charge >= 0.3 is 0 Å². The van der Waals surface area contributed by atoms with Crippen molar-refractivity contribution in [1.29, 1.82) is 0 Å². The molecule has 0 aliphatic heterocycles. The van der Waals surface area contributed by atoms with Crippen LogP contribution in [0.25, 0.3) is 0 Å². The fourth-order valence-corrected chi connectivity index (χ4v) is 2.29. The summed E-state index contributed by atoms with van der Waals surface area (Å²) in [6, 6.07) is 7.99. The highest BCUT2D eigenvalue weighted by Crippen LogP contribution is 2.15. The number of hydrogen-bond donors (Lipinski definition) is 3. The number of hydrogen-bond acceptors (Lipinski definition) is 5. The van der Waals surface area contributed by atoms with Gasteiger partial charge < -0.3 is 5.32 Å². The molecule has 1 heterocycles. The van der Waals surface area contributed by atoms with Gasteiger partial charge in [0.2, 0.25) is 10.0 Å². The summed E-state index contributed by atoms with van der Waals surface area (Å²) in [6.45, 7) is 1.73. The Morgan fingerprint density at radius 2 is 1.86 bits per heavy atom. The fourth-order valence-electron chi connectivity index (χ4n) is 1.77. The molecular weight excluding hydrogens is 308 g/mol. The number of nitrogens with one attached hydrogen (secondary N) is 2. The summed E-state index contributed by atoms with van der Waals surface area (Å²) < 4.78 is 22.4. The summed E-state index contributed by atoms with van der Waals surface area (Å²) in [5.74, 6) is -0.459. The molecule has 0 radical (unpaired) electrons. The summed E-state index contributed by atoms with van der Waals surface area (Å²) in [5, 5.41) is 13.5. The Balaban J connectivity index is 2.11. The first-order valence-corrected chi connectivity index (χ1v) is 7.81. The van der Waals surface area contributed by atoms with E-state index >= 15 is 0 Å². The Hall–Kier alpha value is -2.52. The molecule has 1 aromatic heterocycles. The fraction of sp³-hybridized carbons (Fsp3) is 0.154. The van der Waals surface area contributed by atoms with Crippen molar-refractivity contribution >= 4 is 15.9 Å². The highest BCUT2D eigenvalue weighted by molar-refractivity contribution is 7.89. The van der Waals surface area contributed by atoms with Crippen LogP contribution in [0.3, 0.4) is 0 Å². The summed E-state index contributed by atoms with van der Waals surface area (Å²) >= 11 is 0. The number of sulfonamides is 1. The standard InChI is InChI=1S/C13H14N4O4S/c1-8(9-2-4-10(5-3-9)22(14,20)21)15-13(19)11-6-7-12(18)17-16-11/h2-8H,1H3,(H,15,19)(H,17,18)(H2,14,20,21)/t8-/m0/s1. The summed E-state index contributed by atoms with van der Waals surface area (Å²) in [4.78, 5) is 22.8. The maximum Gasteiger partial charge on any atom is 0.272 e. The molecule has 0 spiro atoms. The molecule has 2 aromatic rings. The minimum absolute atomic E-state index is 0.00271. The van der Waals surface area contributed by atoms with Crippen molar-refractivity contribution in [1.82, 2.24) is 15.5 Å². The highest BCUT2D eigenvalue weighted by Gasteiger charge is 2.14. The normalized spacial score (nSPS) is 12.6. The largest absolute Gasteiger partial charge is 0.344 e. The predicted octanol–water partition coefficient (Wildman–Crippen LogP) is -0.0917. The first kappa shape index (κ1) is 15.9. The van der Waals surface area contributed by atoms with E-state index in [0.717, 1.165) is 0 Å². The molecule has 0 saturated carbocycles. The molecule has 8 nitrogen and oxygen atoms in total. The number of amides is 1. The number of nitrogens with zero attached hydrogens (tertiary/aromatic N) is 1. The zero-order chi connectivity index (χ0) is 16.3. The van der Waals surface area contributed by atoms with E-state index < -0.39 is 21.5 Å². The zero-order valence-corrected chi connectivity index (χ0v) is 12.4. The highest BCUT2D eigenvalue weighted by atomic mass is 32.2. The number of primary sulfonamides is 1. The molecule has 0 aliphatic rings. The number of benzene rings is 1. The SMILES string of the molecule is C[C@H](NC(=O)c1ccc(=O)[nH]n1)c1ccc(S(N)(=O)=O)cc1. The van der Waals surface area contributed by atoms with Gasteiger partial charge in [-0.3, -0.25) is 9.59 Å². The third-order valence-electron chi connectivity index (χ3n) is 2.97. The Morgan fingerprint density at radius 1 is 1.23 bits per heavy atom. The molecule has 1 aromatic carbocycles. The van der Waals surface area contributed by atoms with E-state index in [1.54, 1.807) is 19.1 Å². The first-order valence-electron chi connectivity index (χ1n) is 6.27. The molecular formula is C13H14N4O4S. The lowest BCUT2D eigenvalue weighted by atomic mass is 10.1. The van der Waals surface area contributed by atoms with E-state index in [2.05, 4.69) is 15.5 Å². The van der Waals surface area contributed by atoms with Crippen molar-refractivity contribution in [2.75, 3.05) is 0 Å².